The van der Waals surface area contributed by atoms with E-state index in [0.717, 1.165) is 31.4 Å². The first-order chi connectivity index (χ1) is 6.43. The standard InChI is InChI=1S/C11H21ClO/c12-8-3-1-2-4-9-13-10-7-11-5-6-11/h11H,1-10H2. The van der Waals surface area contributed by atoms with E-state index in [4.69, 9.17) is 16.3 Å². The lowest BCUT2D eigenvalue weighted by molar-refractivity contribution is 0.124. The summed E-state index contributed by atoms with van der Waals surface area (Å²) in [6.45, 7) is 1.94. The van der Waals surface area contributed by atoms with E-state index in [1.807, 2.05) is 0 Å². The van der Waals surface area contributed by atoms with Crippen LogP contribution in [0.3, 0.4) is 0 Å². The molecule has 0 saturated heterocycles. The first-order valence-corrected chi connectivity index (χ1v) is 6.10. The van der Waals surface area contributed by atoms with Crippen LogP contribution in [-0.2, 0) is 4.74 Å². The van der Waals surface area contributed by atoms with E-state index >= 15 is 0 Å². The molecule has 0 spiro atoms. The fraction of sp³-hybridized carbons (Fsp3) is 1.00. The molecule has 0 N–H and O–H groups in total. The highest BCUT2D eigenvalue weighted by Crippen LogP contribution is 2.32. The van der Waals surface area contributed by atoms with Gasteiger partial charge < -0.3 is 4.74 Å². The van der Waals surface area contributed by atoms with Gasteiger partial charge in [0.1, 0.15) is 0 Å². The lowest BCUT2D eigenvalue weighted by Crippen LogP contribution is -1.97. The van der Waals surface area contributed by atoms with Crippen molar-refractivity contribution in [3.8, 4) is 0 Å². The van der Waals surface area contributed by atoms with Gasteiger partial charge in [-0.25, -0.2) is 0 Å². The third-order valence-electron chi connectivity index (χ3n) is 2.54. The zero-order valence-corrected chi connectivity index (χ0v) is 9.19. The zero-order valence-electron chi connectivity index (χ0n) is 8.43. The molecule has 1 nitrogen and oxygen atoms in total. The summed E-state index contributed by atoms with van der Waals surface area (Å²) in [5.41, 5.74) is 0. The molecule has 0 aromatic heterocycles. The van der Waals surface area contributed by atoms with Crippen LogP contribution in [0.4, 0.5) is 0 Å². The zero-order chi connectivity index (χ0) is 9.36. The quantitative estimate of drug-likeness (QED) is 0.412. The van der Waals surface area contributed by atoms with Gasteiger partial charge in [-0.05, 0) is 25.2 Å². The van der Waals surface area contributed by atoms with Crippen LogP contribution in [0, 0.1) is 5.92 Å². The van der Waals surface area contributed by atoms with E-state index in [9.17, 15) is 0 Å². The van der Waals surface area contributed by atoms with E-state index in [-0.39, 0.29) is 0 Å². The number of hydrogen-bond donors (Lipinski definition) is 0. The van der Waals surface area contributed by atoms with Gasteiger partial charge in [0, 0.05) is 19.1 Å². The Balaban J connectivity index is 1.63. The van der Waals surface area contributed by atoms with Crippen molar-refractivity contribution in [2.45, 2.75) is 44.9 Å². The second-order valence-corrected chi connectivity index (χ2v) is 4.33. The smallest absolute Gasteiger partial charge is 0.0468 e. The Labute approximate surface area is 86.8 Å². The van der Waals surface area contributed by atoms with Crippen molar-refractivity contribution in [3.63, 3.8) is 0 Å². The van der Waals surface area contributed by atoms with Crippen molar-refractivity contribution < 1.29 is 4.74 Å². The molecule has 0 unspecified atom stereocenters. The number of hydrogen-bond acceptors (Lipinski definition) is 1. The summed E-state index contributed by atoms with van der Waals surface area (Å²) < 4.78 is 5.53. The number of ether oxygens (including phenoxy) is 1. The maximum Gasteiger partial charge on any atom is 0.0468 e. The SMILES string of the molecule is ClCCCCCCOCCC1CC1. The maximum absolute atomic E-state index is 5.57. The second kappa shape index (κ2) is 7.64. The van der Waals surface area contributed by atoms with Gasteiger partial charge in [0.15, 0.2) is 0 Å². The van der Waals surface area contributed by atoms with Crippen molar-refractivity contribution in [2.24, 2.45) is 5.92 Å². The van der Waals surface area contributed by atoms with Gasteiger partial charge in [0.05, 0.1) is 0 Å². The molecule has 0 radical (unpaired) electrons. The Kier molecular flexibility index (Phi) is 6.65. The van der Waals surface area contributed by atoms with Gasteiger partial charge in [-0.1, -0.05) is 25.7 Å². The van der Waals surface area contributed by atoms with E-state index < -0.39 is 0 Å². The number of unbranched alkanes of at least 4 members (excludes halogenated alkanes) is 3. The highest BCUT2D eigenvalue weighted by Gasteiger charge is 2.20. The molecule has 1 fully saturated rings. The monoisotopic (exact) mass is 204 g/mol. The Hall–Kier alpha value is 0.250. The predicted molar refractivity (Wildman–Crippen MR) is 57.3 cm³/mol. The molecule has 0 aliphatic heterocycles. The van der Waals surface area contributed by atoms with Crippen LogP contribution in [0.25, 0.3) is 0 Å². The molecule has 0 bridgehead atoms. The van der Waals surface area contributed by atoms with Gasteiger partial charge in [-0.3, -0.25) is 0 Å². The fourth-order valence-electron chi connectivity index (χ4n) is 1.41. The molecule has 78 valence electrons. The number of halogens is 1. The minimum atomic E-state index is 0.808. The molecule has 0 aromatic rings. The van der Waals surface area contributed by atoms with Gasteiger partial charge in [-0.15, -0.1) is 11.6 Å². The molecule has 1 aliphatic carbocycles. The van der Waals surface area contributed by atoms with Gasteiger partial charge in [-0.2, -0.15) is 0 Å². The van der Waals surface area contributed by atoms with Crippen LogP contribution in [0.5, 0.6) is 0 Å². The van der Waals surface area contributed by atoms with Crippen molar-refractivity contribution in [1.82, 2.24) is 0 Å². The van der Waals surface area contributed by atoms with Crippen LogP contribution >= 0.6 is 11.6 Å². The molecule has 1 rings (SSSR count). The highest BCUT2D eigenvalue weighted by molar-refractivity contribution is 6.17. The van der Waals surface area contributed by atoms with Crippen LogP contribution < -0.4 is 0 Å². The van der Waals surface area contributed by atoms with Gasteiger partial charge >= 0.3 is 0 Å². The Bertz CT molecular complexity index is 113. The average Bonchev–Trinajstić information content (AvgIpc) is 2.93. The second-order valence-electron chi connectivity index (χ2n) is 3.95. The van der Waals surface area contributed by atoms with Crippen molar-refractivity contribution in [3.05, 3.63) is 0 Å². The largest absolute Gasteiger partial charge is 0.381 e. The summed E-state index contributed by atoms with van der Waals surface area (Å²) in [4.78, 5) is 0. The molecule has 1 aliphatic rings. The fourth-order valence-corrected chi connectivity index (χ4v) is 1.60. The molecule has 0 atom stereocenters. The normalized spacial score (nSPS) is 16.4. The van der Waals surface area contributed by atoms with E-state index in [1.54, 1.807) is 0 Å². The first kappa shape index (κ1) is 11.3. The van der Waals surface area contributed by atoms with Crippen molar-refractivity contribution >= 4 is 11.6 Å². The molecule has 0 amide bonds. The topological polar surface area (TPSA) is 9.23 Å². The first-order valence-electron chi connectivity index (χ1n) is 5.57. The molecular formula is C11H21ClO. The molecule has 2 heteroatoms. The average molecular weight is 205 g/mol. The van der Waals surface area contributed by atoms with Crippen LogP contribution in [0.2, 0.25) is 0 Å². The predicted octanol–water partition coefficient (Wildman–Crippen LogP) is 3.60. The minimum Gasteiger partial charge on any atom is -0.381 e. The Morgan fingerprint density at radius 2 is 1.77 bits per heavy atom. The van der Waals surface area contributed by atoms with Crippen LogP contribution in [-0.4, -0.2) is 19.1 Å². The summed E-state index contributed by atoms with van der Waals surface area (Å²) in [5, 5.41) is 0. The van der Waals surface area contributed by atoms with Gasteiger partial charge in [0.25, 0.3) is 0 Å². The van der Waals surface area contributed by atoms with Crippen molar-refractivity contribution in [1.29, 1.82) is 0 Å². The highest BCUT2D eigenvalue weighted by atomic mass is 35.5. The summed E-state index contributed by atoms with van der Waals surface area (Å²) in [7, 11) is 0. The van der Waals surface area contributed by atoms with E-state index in [2.05, 4.69) is 0 Å². The molecule has 0 aromatic carbocycles. The summed E-state index contributed by atoms with van der Waals surface area (Å²) in [6, 6.07) is 0. The summed E-state index contributed by atoms with van der Waals surface area (Å²) in [5.74, 6) is 1.82. The van der Waals surface area contributed by atoms with Crippen molar-refractivity contribution in [2.75, 3.05) is 19.1 Å². The molecular weight excluding hydrogens is 184 g/mol. The van der Waals surface area contributed by atoms with Crippen LogP contribution in [0.1, 0.15) is 44.9 Å². The molecule has 0 heterocycles. The molecule has 1 saturated carbocycles. The Morgan fingerprint density at radius 3 is 2.46 bits per heavy atom. The summed E-state index contributed by atoms with van der Waals surface area (Å²) in [6.07, 6.45) is 9.08. The third-order valence-corrected chi connectivity index (χ3v) is 2.81. The third kappa shape index (κ3) is 7.33. The summed E-state index contributed by atoms with van der Waals surface area (Å²) >= 11 is 5.57. The lowest BCUT2D eigenvalue weighted by atomic mass is 10.2. The van der Waals surface area contributed by atoms with E-state index in [0.29, 0.717) is 0 Å². The number of alkyl halides is 1. The Morgan fingerprint density at radius 1 is 1.00 bits per heavy atom. The number of rotatable bonds is 9. The van der Waals surface area contributed by atoms with Gasteiger partial charge in [0.2, 0.25) is 0 Å². The lowest BCUT2D eigenvalue weighted by Gasteiger charge is -2.02. The maximum atomic E-state index is 5.57. The van der Waals surface area contributed by atoms with E-state index in [1.165, 1.54) is 38.5 Å². The van der Waals surface area contributed by atoms with Crippen LogP contribution in [0.15, 0.2) is 0 Å². The molecule has 13 heavy (non-hydrogen) atoms. The minimum absolute atomic E-state index is 0.808.